The van der Waals surface area contributed by atoms with Crippen molar-refractivity contribution >= 4 is 23.6 Å². The molecule has 7 nitrogen and oxygen atoms in total. The van der Waals surface area contributed by atoms with Crippen molar-refractivity contribution in [2.75, 3.05) is 25.4 Å². The minimum atomic E-state index is 0.0835. The molecule has 0 bridgehead atoms. The molecule has 8 heteroatoms. The molecule has 1 saturated heterocycles. The Balaban J connectivity index is 1.24. The van der Waals surface area contributed by atoms with Crippen molar-refractivity contribution in [3.05, 3.63) is 71.5 Å². The summed E-state index contributed by atoms with van der Waals surface area (Å²) in [5.41, 5.74) is 3.49. The van der Waals surface area contributed by atoms with Gasteiger partial charge in [-0.2, -0.15) is 0 Å². The molecule has 1 aliphatic heterocycles. The number of hydrogen-bond donors (Lipinski definition) is 0. The molecule has 4 rings (SSSR count). The van der Waals surface area contributed by atoms with Crippen LogP contribution in [0, 0.1) is 6.92 Å². The molecule has 41 heavy (non-hydrogen) atoms. The highest BCUT2D eigenvalue weighted by atomic mass is 32.2. The fraction of sp³-hybridized carbons (Fsp3) is 0.515. The third-order valence-electron chi connectivity index (χ3n) is 7.76. The summed E-state index contributed by atoms with van der Waals surface area (Å²) in [5, 5.41) is 9.98. The third kappa shape index (κ3) is 8.93. The Morgan fingerprint density at radius 1 is 0.878 bits per heavy atom. The van der Waals surface area contributed by atoms with E-state index in [4.69, 9.17) is 0 Å². The number of aromatic nitrogens is 3. The van der Waals surface area contributed by atoms with Gasteiger partial charge in [-0.15, -0.1) is 10.2 Å². The number of thioether (sulfide) groups is 1. The number of aryl methyl sites for hydroxylation is 1. The number of amides is 2. The van der Waals surface area contributed by atoms with E-state index in [9.17, 15) is 9.59 Å². The van der Waals surface area contributed by atoms with E-state index >= 15 is 0 Å². The third-order valence-corrected chi connectivity index (χ3v) is 8.77. The van der Waals surface area contributed by atoms with Crippen LogP contribution in [0.25, 0.3) is 5.69 Å². The van der Waals surface area contributed by atoms with E-state index in [1.165, 1.54) is 24.0 Å². The van der Waals surface area contributed by atoms with Crippen molar-refractivity contribution in [2.45, 2.75) is 89.8 Å². The lowest BCUT2D eigenvalue weighted by Crippen LogP contribution is -2.55. The summed E-state index contributed by atoms with van der Waals surface area (Å²) in [7, 11) is 0. The molecule has 0 aliphatic carbocycles. The molecule has 0 N–H and O–H groups in total. The van der Waals surface area contributed by atoms with Crippen LogP contribution in [0.1, 0.15) is 82.2 Å². The first-order valence-corrected chi connectivity index (χ1v) is 16.2. The molecule has 0 radical (unpaired) electrons. The predicted octanol–water partition coefficient (Wildman–Crippen LogP) is 6.46. The fourth-order valence-corrected chi connectivity index (χ4v) is 6.31. The van der Waals surface area contributed by atoms with Crippen LogP contribution < -0.4 is 0 Å². The molecule has 1 fully saturated rings. The zero-order valence-corrected chi connectivity index (χ0v) is 25.7. The van der Waals surface area contributed by atoms with Gasteiger partial charge in [0, 0.05) is 56.4 Å². The maximum absolute atomic E-state index is 12.9. The van der Waals surface area contributed by atoms with Gasteiger partial charge in [0.25, 0.3) is 0 Å². The second kappa shape index (κ2) is 15.8. The Morgan fingerprint density at radius 2 is 1.61 bits per heavy atom. The SMILES string of the molecule is CCCCCCC(=O)N1CCN(C(=O)CCCCSc2nnc(Cc3ccccc3)n2-c2ccc(C)cc2)CC1C. The first-order chi connectivity index (χ1) is 20.0. The van der Waals surface area contributed by atoms with Crippen molar-refractivity contribution in [2.24, 2.45) is 0 Å². The summed E-state index contributed by atoms with van der Waals surface area (Å²) >= 11 is 1.70. The van der Waals surface area contributed by atoms with Crippen molar-refractivity contribution in [1.82, 2.24) is 24.6 Å². The van der Waals surface area contributed by atoms with E-state index in [0.29, 0.717) is 38.9 Å². The number of carbonyl (C=O) groups is 2. The second-order valence-electron chi connectivity index (χ2n) is 11.1. The Kier molecular flexibility index (Phi) is 11.8. The molecule has 2 aromatic carbocycles. The molecule has 1 aliphatic rings. The zero-order chi connectivity index (χ0) is 29.0. The Morgan fingerprint density at radius 3 is 2.34 bits per heavy atom. The van der Waals surface area contributed by atoms with Gasteiger partial charge in [-0.05, 0) is 50.8 Å². The molecule has 2 heterocycles. The van der Waals surface area contributed by atoms with Crippen molar-refractivity contribution < 1.29 is 9.59 Å². The van der Waals surface area contributed by atoms with Gasteiger partial charge in [0.05, 0.1) is 0 Å². The molecule has 1 unspecified atom stereocenters. The summed E-state index contributed by atoms with van der Waals surface area (Å²) in [5.74, 6) is 2.23. The van der Waals surface area contributed by atoms with Crippen LogP contribution in [0.3, 0.4) is 0 Å². The maximum atomic E-state index is 12.9. The maximum Gasteiger partial charge on any atom is 0.222 e. The van der Waals surface area contributed by atoms with Gasteiger partial charge in [0.15, 0.2) is 5.16 Å². The van der Waals surface area contributed by atoms with Crippen molar-refractivity contribution in [3.8, 4) is 5.69 Å². The van der Waals surface area contributed by atoms with Crippen LogP contribution in [0.4, 0.5) is 0 Å². The van der Waals surface area contributed by atoms with Crippen LogP contribution >= 0.6 is 11.8 Å². The molecule has 220 valence electrons. The van der Waals surface area contributed by atoms with E-state index < -0.39 is 0 Å². The van der Waals surface area contributed by atoms with E-state index in [-0.39, 0.29) is 17.9 Å². The molecule has 1 aromatic heterocycles. The van der Waals surface area contributed by atoms with Crippen LogP contribution in [-0.2, 0) is 16.0 Å². The topological polar surface area (TPSA) is 71.3 Å². The lowest BCUT2D eigenvalue weighted by molar-refractivity contribution is -0.142. The number of piperazine rings is 1. The number of hydrogen-bond acceptors (Lipinski definition) is 5. The van der Waals surface area contributed by atoms with E-state index in [1.807, 2.05) is 15.9 Å². The number of nitrogens with zero attached hydrogens (tertiary/aromatic N) is 5. The largest absolute Gasteiger partial charge is 0.339 e. The van der Waals surface area contributed by atoms with Crippen LogP contribution in [0.2, 0.25) is 0 Å². The lowest BCUT2D eigenvalue weighted by atomic mass is 10.1. The van der Waals surface area contributed by atoms with Gasteiger partial charge in [-0.3, -0.25) is 14.2 Å². The number of carbonyl (C=O) groups excluding carboxylic acids is 2. The summed E-state index contributed by atoms with van der Waals surface area (Å²) < 4.78 is 2.16. The van der Waals surface area contributed by atoms with E-state index in [0.717, 1.165) is 48.1 Å². The lowest BCUT2D eigenvalue weighted by Gasteiger charge is -2.40. The first kappa shape index (κ1) is 30.8. The molecular weight excluding hydrogens is 530 g/mol. The standard InChI is InChI=1S/C33H45N5O2S/c1-4-5-6-10-16-32(40)37-22-21-36(25-27(37)3)31(39)15-11-12-23-41-33-35-34-30(24-28-13-8-7-9-14-28)38(33)29-19-17-26(2)18-20-29/h7-9,13-14,17-20,27H,4-6,10-12,15-16,21-25H2,1-3H3. The highest BCUT2D eigenvalue weighted by molar-refractivity contribution is 7.99. The quantitative estimate of drug-likeness (QED) is 0.163. The van der Waals surface area contributed by atoms with Gasteiger partial charge < -0.3 is 9.80 Å². The molecular formula is C33H45N5O2S. The summed E-state index contributed by atoms with van der Waals surface area (Å²) in [6.07, 6.45) is 8.10. The molecule has 0 saturated carbocycles. The monoisotopic (exact) mass is 575 g/mol. The minimum Gasteiger partial charge on any atom is -0.339 e. The normalized spacial score (nSPS) is 15.3. The average Bonchev–Trinajstić information content (AvgIpc) is 3.37. The number of benzene rings is 2. The first-order valence-electron chi connectivity index (χ1n) is 15.2. The van der Waals surface area contributed by atoms with Gasteiger partial charge >= 0.3 is 0 Å². The Labute approximate surface area is 249 Å². The summed E-state index contributed by atoms with van der Waals surface area (Å²) in [6, 6.07) is 18.9. The van der Waals surface area contributed by atoms with Gasteiger partial charge in [-0.25, -0.2) is 0 Å². The molecule has 3 aromatic rings. The summed E-state index contributed by atoms with van der Waals surface area (Å²) in [4.78, 5) is 29.5. The molecule has 1 atom stereocenters. The smallest absolute Gasteiger partial charge is 0.222 e. The van der Waals surface area contributed by atoms with Crippen LogP contribution in [0.15, 0.2) is 59.8 Å². The highest BCUT2D eigenvalue weighted by Crippen LogP contribution is 2.25. The van der Waals surface area contributed by atoms with Crippen molar-refractivity contribution in [3.63, 3.8) is 0 Å². The predicted molar refractivity (Wildman–Crippen MR) is 166 cm³/mol. The van der Waals surface area contributed by atoms with Crippen molar-refractivity contribution in [1.29, 1.82) is 0 Å². The van der Waals surface area contributed by atoms with E-state index in [1.54, 1.807) is 11.8 Å². The minimum absolute atomic E-state index is 0.0835. The van der Waals surface area contributed by atoms with Gasteiger partial charge in [-0.1, -0.05) is 86.0 Å². The Bertz CT molecular complexity index is 1240. The number of rotatable bonds is 14. The molecule has 2 amide bonds. The average molecular weight is 576 g/mol. The van der Waals surface area contributed by atoms with Gasteiger partial charge in [0.2, 0.25) is 11.8 Å². The van der Waals surface area contributed by atoms with E-state index in [2.05, 4.69) is 84.1 Å². The fourth-order valence-electron chi connectivity index (χ4n) is 5.34. The van der Waals surface area contributed by atoms with Crippen LogP contribution in [0.5, 0.6) is 0 Å². The second-order valence-corrected chi connectivity index (χ2v) is 12.2. The zero-order valence-electron chi connectivity index (χ0n) is 24.9. The van der Waals surface area contributed by atoms with Gasteiger partial charge in [0.1, 0.15) is 5.82 Å². The Hall–Kier alpha value is -3.13. The highest BCUT2D eigenvalue weighted by Gasteiger charge is 2.29. The molecule has 0 spiro atoms. The summed E-state index contributed by atoms with van der Waals surface area (Å²) in [6.45, 7) is 8.26. The number of unbranched alkanes of at least 4 members (excludes halogenated alkanes) is 4. The van der Waals surface area contributed by atoms with Crippen LogP contribution in [-0.4, -0.2) is 67.8 Å².